The van der Waals surface area contributed by atoms with Gasteiger partial charge in [-0.3, -0.25) is 0 Å². The van der Waals surface area contributed by atoms with Crippen molar-refractivity contribution < 1.29 is 18.1 Å². The Morgan fingerprint density at radius 3 is 2.43 bits per heavy atom. The van der Waals surface area contributed by atoms with E-state index in [1.165, 1.54) is 0 Å². The third-order valence-corrected chi connectivity index (χ3v) is 1.65. The van der Waals surface area contributed by atoms with Crippen molar-refractivity contribution in [2.24, 2.45) is 0 Å². The van der Waals surface area contributed by atoms with Gasteiger partial charge in [0.15, 0.2) is 5.56 Å². The molecule has 1 aromatic rings. The lowest BCUT2D eigenvalue weighted by Crippen LogP contribution is -2.10. The summed E-state index contributed by atoms with van der Waals surface area (Å²) in [5.41, 5.74) is -1.52. The molecule has 4 nitrogen and oxygen atoms in total. The summed E-state index contributed by atoms with van der Waals surface area (Å²) < 4.78 is 36.7. The highest BCUT2D eigenvalue weighted by Crippen LogP contribution is 2.39. The van der Waals surface area contributed by atoms with Crippen LogP contribution in [0.15, 0.2) is 12.3 Å². The molecule has 0 unspecified atom stereocenters. The minimum atomic E-state index is -4.88. The summed E-state index contributed by atoms with van der Waals surface area (Å²) >= 11 is 5.19. The number of aromatic nitrogens is 1. The van der Waals surface area contributed by atoms with Gasteiger partial charge in [-0.05, 0) is 9.91 Å². The minimum absolute atomic E-state index is 0.737. The maximum Gasteiger partial charge on any atom is 0.426 e. The van der Waals surface area contributed by atoms with E-state index < -0.39 is 27.5 Å². The van der Waals surface area contributed by atoms with Crippen molar-refractivity contribution in [2.75, 3.05) is 0 Å². The summed E-state index contributed by atoms with van der Waals surface area (Å²) in [4.78, 5) is 12.0. The largest absolute Gasteiger partial charge is 0.426 e. The Labute approximate surface area is 80.5 Å². The van der Waals surface area contributed by atoms with Gasteiger partial charge in [0.2, 0.25) is 0 Å². The molecule has 0 bridgehead atoms. The molecule has 0 N–H and O–H groups in total. The molecule has 1 aromatic heterocycles. The summed E-state index contributed by atoms with van der Waals surface area (Å²) in [7, 11) is 0. The van der Waals surface area contributed by atoms with Crippen LogP contribution in [-0.4, -0.2) is 9.91 Å². The van der Waals surface area contributed by atoms with Crippen molar-refractivity contribution in [3.05, 3.63) is 33.0 Å². The smallest absolute Gasteiger partial charge is 0.358 e. The van der Waals surface area contributed by atoms with Crippen LogP contribution in [0.3, 0.4) is 0 Å². The summed E-state index contributed by atoms with van der Waals surface area (Å²) in [5.74, 6) is -1.29. The van der Waals surface area contributed by atoms with E-state index in [4.69, 9.17) is 11.6 Å². The quantitative estimate of drug-likeness (QED) is 0.546. The maximum absolute atomic E-state index is 12.2. The van der Waals surface area contributed by atoms with Crippen LogP contribution < -0.4 is 0 Å². The molecule has 0 radical (unpaired) electrons. The van der Waals surface area contributed by atoms with Gasteiger partial charge in [-0.2, -0.15) is 13.2 Å². The van der Waals surface area contributed by atoms with Crippen LogP contribution >= 0.6 is 11.6 Å². The number of pyridine rings is 1. The zero-order valence-electron chi connectivity index (χ0n) is 6.38. The molecule has 14 heavy (non-hydrogen) atoms. The van der Waals surface area contributed by atoms with E-state index in [1.54, 1.807) is 0 Å². The fourth-order valence-corrected chi connectivity index (χ4v) is 1.08. The van der Waals surface area contributed by atoms with E-state index in [2.05, 4.69) is 4.98 Å². The molecule has 0 atom stereocenters. The molecule has 0 saturated carbocycles. The highest BCUT2D eigenvalue weighted by molar-refractivity contribution is 6.31. The van der Waals surface area contributed by atoms with Crippen LogP contribution in [0.1, 0.15) is 5.56 Å². The van der Waals surface area contributed by atoms with Crippen LogP contribution in [0.25, 0.3) is 0 Å². The maximum atomic E-state index is 12.2. The summed E-state index contributed by atoms with van der Waals surface area (Å²) in [6.45, 7) is 0. The molecule has 0 aliphatic rings. The van der Waals surface area contributed by atoms with Crippen molar-refractivity contribution in [1.29, 1.82) is 0 Å². The summed E-state index contributed by atoms with van der Waals surface area (Å²) in [6, 6.07) is 0.845. The van der Waals surface area contributed by atoms with E-state index in [0.29, 0.717) is 0 Å². The highest BCUT2D eigenvalue weighted by atomic mass is 35.5. The Balaban J connectivity index is 3.45. The Hall–Kier alpha value is -1.37. The lowest BCUT2D eigenvalue weighted by molar-refractivity contribution is -0.392. The number of nitrogens with zero attached hydrogens (tertiary/aromatic N) is 2. The van der Waals surface area contributed by atoms with Crippen molar-refractivity contribution in [3.8, 4) is 0 Å². The first-order valence-corrected chi connectivity index (χ1v) is 3.58. The number of nitro groups is 1. The third kappa shape index (κ3) is 1.92. The van der Waals surface area contributed by atoms with Crippen molar-refractivity contribution in [2.45, 2.75) is 6.18 Å². The van der Waals surface area contributed by atoms with E-state index in [1.807, 2.05) is 0 Å². The highest BCUT2D eigenvalue weighted by Gasteiger charge is 2.41. The van der Waals surface area contributed by atoms with Crippen LogP contribution in [0.5, 0.6) is 0 Å². The lowest BCUT2D eigenvalue weighted by atomic mass is 10.2. The molecule has 0 spiro atoms. The zero-order valence-corrected chi connectivity index (χ0v) is 7.13. The second kappa shape index (κ2) is 3.41. The second-order valence-corrected chi connectivity index (χ2v) is 2.65. The molecule has 0 fully saturated rings. The molecule has 0 aromatic carbocycles. The molecule has 0 amide bonds. The molecule has 1 heterocycles. The molecule has 1 rings (SSSR count). The predicted molar refractivity (Wildman–Crippen MR) is 40.9 cm³/mol. The molecular weight excluding hydrogens is 225 g/mol. The van der Waals surface area contributed by atoms with Gasteiger partial charge in [-0.1, -0.05) is 11.6 Å². The number of alkyl halides is 3. The van der Waals surface area contributed by atoms with Gasteiger partial charge in [-0.25, -0.2) is 0 Å². The van der Waals surface area contributed by atoms with Crippen molar-refractivity contribution in [3.63, 3.8) is 0 Å². The van der Waals surface area contributed by atoms with Gasteiger partial charge < -0.3 is 10.1 Å². The van der Waals surface area contributed by atoms with E-state index in [0.717, 1.165) is 12.3 Å². The number of hydrogen-bond acceptors (Lipinski definition) is 3. The van der Waals surface area contributed by atoms with Crippen LogP contribution in [0.4, 0.5) is 19.0 Å². The fourth-order valence-electron chi connectivity index (χ4n) is 0.829. The number of rotatable bonds is 1. The van der Waals surface area contributed by atoms with Crippen LogP contribution in [0.2, 0.25) is 5.02 Å². The average molecular weight is 227 g/mol. The van der Waals surface area contributed by atoms with Gasteiger partial charge >= 0.3 is 12.0 Å². The topological polar surface area (TPSA) is 56.0 Å². The van der Waals surface area contributed by atoms with Gasteiger partial charge in [0.25, 0.3) is 0 Å². The minimum Gasteiger partial charge on any atom is -0.358 e. The summed E-state index contributed by atoms with van der Waals surface area (Å²) in [5, 5.41) is 9.47. The summed E-state index contributed by atoms with van der Waals surface area (Å²) in [6.07, 6.45) is -4.04. The number of halogens is 4. The monoisotopic (exact) mass is 226 g/mol. The Morgan fingerprint density at radius 2 is 2.07 bits per heavy atom. The van der Waals surface area contributed by atoms with Crippen LogP contribution in [-0.2, 0) is 6.18 Å². The van der Waals surface area contributed by atoms with E-state index >= 15 is 0 Å². The predicted octanol–water partition coefficient (Wildman–Crippen LogP) is 2.66. The first-order chi connectivity index (χ1) is 6.34. The Morgan fingerprint density at radius 1 is 1.50 bits per heavy atom. The molecular formula is C6H2ClF3N2O2. The van der Waals surface area contributed by atoms with Crippen molar-refractivity contribution in [1.82, 2.24) is 4.98 Å². The fraction of sp³-hybridized carbons (Fsp3) is 0.167. The normalized spacial score (nSPS) is 11.4. The van der Waals surface area contributed by atoms with Gasteiger partial charge in [-0.15, -0.1) is 0 Å². The molecule has 0 aliphatic carbocycles. The number of hydrogen-bond donors (Lipinski definition) is 0. The lowest BCUT2D eigenvalue weighted by Gasteiger charge is -2.07. The van der Waals surface area contributed by atoms with Crippen LogP contribution in [0, 0.1) is 10.1 Å². The van der Waals surface area contributed by atoms with Gasteiger partial charge in [0.1, 0.15) is 6.20 Å². The first kappa shape index (κ1) is 10.7. The molecule has 0 saturated heterocycles. The van der Waals surface area contributed by atoms with Crippen molar-refractivity contribution >= 4 is 17.4 Å². The van der Waals surface area contributed by atoms with Gasteiger partial charge in [0.05, 0.1) is 5.02 Å². The zero-order chi connectivity index (χ0) is 10.9. The average Bonchev–Trinajstić information content (AvgIpc) is 2.01. The van der Waals surface area contributed by atoms with Gasteiger partial charge in [0, 0.05) is 6.07 Å². The Kier molecular flexibility index (Phi) is 2.61. The third-order valence-electron chi connectivity index (χ3n) is 1.34. The van der Waals surface area contributed by atoms with E-state index in [-0.39, 0.29) is 0 Å². The van der Waals surface area contributed by atoms with E-state index in [9.17, 15) is 23.3 Å². The standard InChI is InChI=1S/C6H2ClF3N2O2/c7-3-1-2-11-5(12(13)14)4(3)6(8,9)10/h1-2H. The Bertz CT molecular complexity index is 380. The molecule has 0 aliphatic heterocycles. The molecule has 76 valence electrons. The molecule has 8 heteroatoms. The SMILES string of the molecule is O=[N+]([O-])c1nccc(Cl)c1C(F)(F)F. The second-order valence-electron chi connectivity index (χ2n) is 2.25. The first-order valence-electron chi connectivity index (χ1n) is 3.20.